The Morgan fingerprint density at radius 2 is 1.84 bits per heavy atom. The van der Waals surface area contributed by atoms with Crippen molar-refractivity contribution in [3.8, 4) is 17.5 Å². The molecule has 1 aliphatic rings. The number of nitrogens with one attached hydrogen (secondary N) is 1. The van der Waals surface area contributed by atoms with Crippen molar-refractivity contribution in [1.29, 1.82) is 5.26 Å². The van der Waals surface area contributed by atoms with Crippen LogP contribution in [-0.4, -0.2) is 49.5 Å². The Balaban J connectivity index is 1.30. The van der Waals surface area contributed by atoms with Crippen LogP contribution in [0.4, 0.5) is 5.95 Å². The lowest BCUT2D eigenvalue weighted by Crippen LogP contribution is -2.30. The summed E-state index contributed by atoms with van der Waals surface area (Å²) >= 11 is 0. The van der Waals surface area contributed by atoms with Crippen LogP contribution in [0, 0.1) is 24.2 Å². The third-order valence-electron chi connectivity index (χ3n) is 7.44. The molecule has 2 unspecified atom stereocenters. The fraction of sp³-hybridized carbons (Fsp3) is 0.379. The average Bonchev–Trinajstić information content (AvgIpc) is 3.35. The highest BCUT2D eigenvalue weighted by atomic mass is 16.3. The van der Waals surface area contributed by atoms with E-state index in [4.69, 9.17) is 4.98 Å². The van der Waals surface area contributed by atoms with Gasteiger partial charge in [0.05, 0.1) is 35.8 Å². The van der Waals surface area contributed by atoms with Crippen LogP contribution in [0.5, 0.6) is 0 Å². The van der Waals surface area contributed by atoms with Gasteiger partial charge < -0.3 is 15.3 Å². The number of aromatic nitrogens is 4. The minimum absolute atomic E-state index is 0.0645. The van der Waals surface area contributed by atoms with Crippen molar-refractivity contribution in [2.24, 2.45) is 5.92 Å². The van der Waals surface area contributed by atoms with Gasteiger partial charge in [-0.15, -0.1) is 0 Å². The summed E-state index contributed by atoms with van der Waals surface area (Å²) in [5.41, 5.74) is 5.58. The van der Waals surface area contributed by atoms with Gasteiger partial charge in [0.2, 0.25) is 5.95 Å². The molecule has 8 nitrogen and oxygen atoms in total. The van der Waals surface area contributed by atoms with E-state index in [0.29, 0.717) is 23.1 Å². The summed E-state index contributed by atoms with van der Waals surface area (Å²) in [6.07, 6.45) is 7.88. The predicted molar refractivity (Wildman–Crippen MR) is 144 cm³/mol. The van der Waals surface area contributed by atoms with Crippen molar-refractivity contribution in [2.45, 2.75) is 45.3 Å². The van der Waals surface area contributed by atoms with E-state index < -0.39 is 6.10 Å². The van der Waals surface area contributed by atoms with Crippen LogP contribution in [0.3, 0.4) is 0 Å². The van der Waals surface area contributed by atoms with Crippen LogP contribution in [0.2, 0.25) is 0 Å². The maximum Gasteiger partial charge on any atom is 0.223 e. The van der Waals surface area contributed by atoms with E-state index in [-0.39, 0.29) is 6.04 Å². The number of likely N-dealkylation sites (tertiary alicyclic amines) is 1. The van der Waals surface area contributed by atoms with Gasteiger partial charge in [0.1, 0.15) is 17.4 Å². The van der Waals surface area contributed by atoms with Crippen molar-refractivity contribution in [1.82, 2.24) is 24.3 Å². The van der Waals surface area contributed by atoms with Gasteiger partial charge in [0.15, 0.2) is 0 Å². The van der Waals surface area contributed by atoms with Crippen LogP contribution in [-0.2, 0) is 0 Å². The Kier molecular flexibility index (Phi) is 7.17. The van der Waals surface area contributed by atoms with E-state index in [9.17, 15) is 10.4 Å². The van der Waals surface area contributed by atoms with Crippen LogP contribution in [0.1, 0.15) is 60.6 Å². The number of aryl methyl sites for hydroxylation is 1. The van der Waals surface area contributed by atoms with E-state index >= 15 is 0 Å². The first-order chi connectivity index (χ1) is 17.9. The van der Waals surface area contributed by atoms with Gasteiger partial charge >= 0.3 is 0 Å². The van der Waals surface area contributed by atoms with Gasteiger partial charge in [-0.3, -0.25) is 4.40 Å². The third-order valence-corrected chi connectivity index (χ3v) is 7.44. The Morgan fingerprint density at radius 1 is 1.11 bits per heavy atom. The summed E-state index contributed by atoms with van der Waals surface area (Å²) in [4.78, 5) is 16.0. The number of rotatable bonds is 7. The van der Waals surface area contributed by atoms with Crippen molar-refractivity contribution < 1.29 is 5.11 Å². The van der Waals surface area contributed by atoms with Crippen LogP contribution in [0.15, 0.2) is 55.0 Å². The number of pyridine rings is 1. The normalized spacial score (nSPS) is 16.4. The molecule has 2 N–H and O–H groups in total. The van der Waals surface area contributed by atoms with E-state index in [2.05, 4.69) is 33.3 Å². The second-order valence-electron chi connectivity index (χ2n) is 10.1. The van der Waals surface area contributed by atoms with Gasteiger partial charge in [-0.25, -0.2) is 15.0 Å². The standard InChI is InChI=1S/C29H33N7O/c1-19-5-4-12-36-25(18-31-28(19)36)27-24(16-30)17-32-29(34-27)33-20(2)22-6-8-23(9-7-22)26(37)15-21-10-13-35(3)14-11-21/h4-9,12,17-18,20-21,26,37H,10-11,13-15H2,1-3H3,(H,32,33,34). The lowest BCUT2D eigenvalue weighted by atomic mass is 9.89. The first-order valence-electron chi connectivity index (χ1n) is 12.9. The van der Waals surface area contributed by atoms with E-state index in [0.717, 1.165) is 60.4 Å². The Labute approximate surface area is 217 Å². The summed E-state index contributed by atoms with van der Waals surface area (Å²) < 4.78 is 1.95. The lowest BCUT2D eigenvalue weighted by Gasteiger charge is -2.30. The Hall–Kier alpha value is -3.80. The zero-order valence-electron chi connectivity index (χ0n) is 21.6. The number of nitriles is 1. The summed E-state index contributed by atoms with van der Waals surface area (Å²) in [7, 11) is 2.16. The number of imidazole rings is 1. The molecule has 5 rings (SSSR count). The molecule has 1 fully saturated rings. The number of aliphatic hydroxyl groups excluding tert-OH is 1. The zero-order chi connectivity index (χ0) is 25.9. The minimum Gasteiger partial charge on any atom is -0.388 e. The Bertz CT molecular complexity index is 1410. The average molecular weight is 496 g/mol. The number of piperidine rings is 1. The molecular weight excluding hydrogens is 462 g/mol. The fourth-order valence-corrected chi connectivity index (χ4v) is 5.09. The molecule has 2 atom stereocenters. The third kappa shape index (κ3) is 5.33. The number of benzene rings is 1. The minimum atomic E-state index is -0.441. The zero-order valence-corrected chi connectivity index (χ0v) is 21.6. The van der Waals surface area contributed by atoms with Crippen molar-refractivity contribution in [2.75, 3.05) is 25.5 Å². The van der Waals surface area contributed by atoms with Crippen molar-refractivity contribution in [3.63, 3.8) is 0 Å². The number of hydrogen-bond donors (Lipinski definition) is 2. The van der Waals surface area contributed by atoms with E-state index in [1.54, 1.807) is 12.4 Å². The van der Waals surface area contributed by atoms with Crippen LogP contribution >= 0.6 is 0 Å². The molecule has 37 heavy (non-hydrogen) atoms. The first kappa shape index (κ1) is 24.9. The number of aliphatic hydroxyl groups is 1. The first-order valence-corrected chi connectivity index (χ1v) is 12.9. The van der Waals surface area contributed by atoms with Gasteiger partial charge in [0, 0.05) is 6.20 Å². The maximum absolute atomic E-state index is 10.8. The monoisotopic (exact) mass is 495 g/mol. The smallest absolute Gasteiger partial charge is 0.223 e. The predicted octanol–water partition coefficient (Wildman–Crippen LogP) is 4.91. The summed E-state index contributed by atoms with van der Waals surface area (Å²) in [5, 5.41) is 23.8. The van der Waals surface area contributed by atoms with Crippen molar-refractivity contribution in [3.05, 3.63) is 77.2 Å². The summed E-state index contributed by atoms with van der Waals surface area (Å²) in [6, 6.07) is 14.2. The largest absolute Gasteiger partial charge is 0.388 e. The second-order valence-corrected chi connectivity index (χ2v) is 10.1. The molecule has 4 heterocycles. The maximum atomic E-state index is 10.8. The van der Waals surface area contributed by atoms with Crippen molar-refractivity contribution >= 4 is 11.6 Å². The highest BCUT2D eigenvalue weighted by Crippen LogP contribution is 2.29. The molecule has 0 saturated carbocycles. The molecule has 1 aliphatic heterocycles. The highest BCUT2D eigenvalue weighted by Gasteiger charge is 2.21. The van der Waals surface area contributed by atoms with E-state index in [1.165, 1.54) is 0 Å². The SMILES string of the molecule is Cc1cccn2c(-c3nc(NC(C)c4ccc(C(O)CC5CCN(C)CC5)cc4)ncc3C#N)cnc12. The summed E-state index contributed by atoms with van der Waals surface area (Å²) in [6.45, 7) is 6.26. The van der Waals surface area contributed by atoms with Gasteiger partial charge in [0.25, 0.3) is 0 Å². The molecule has 3 aromatic heterocycles. The van der Waals surface area contributed by atoms with Gasteiger partial charge in [-0.2, -0.15) is 5.26 Å². The molecule has 0 radical (unpaired) electrons. The van der Waals surface area contributed by atoms with Gasteiger partial charge in [-0.05, 0) is 81.9 Å². The number of anilines is 1. The summed E-state index contributed by atoms with van der Waals surface area (Å²) in [5.74, 6) is 1.02. The highest BCUT2D eigenvalue weighted by molar-refractivity contribution is 5.68. The van der Waals surface area contributed by atoms with E-state index in [1.807, 2.05) is 60.8 Å². The number of fused-ring (bicyclic) bond motifs is 1. The van der Waals surface area contributed by atoms with Crippen LogP contribution in [0.25, 0.3) is 17.0 Å². The Morgan fingerprint density at radius 3 is 2.57 bits per heavy atom. The number of nitrogens with zero attached hydrogens (tertiary/aromatic N) is 6. The quantitative estimate of drug-likeness (QED) is 0.376. The molecular formula is C29H33N7O. The molecule has 0 spiro atoms. The van der Waals surface area contributed by atoms with Crippen LogP contribution < -0.4 is 5.32 Å². The topological polar surface area (TPSA) is 102 Å². The lowest BCUT2D eigenvalue weighted by molar-refractivity contribution is 0.116. The molecule has 1 aromatic carbocycles. The fourth-order valence-electron chi connectivity index (χ4n) is 5.09. The second kappa shape index (κ2) is 10.7. The van der Waals surface area contributed by atoms with Gasteiger partial charge in [-0.1, -0.05) is 30.3 Å². The molecule has 0 aliphatic carbocycles. The molecule has 0 amide bonds. The molecule has 0 bridgehead atoms. The molecule has 8 heteroatoms. The molecule has 1 saturated heterocycles. The number of hydrogen-bond acceptors (Lipinski definition) is 7. The molecule has 4 aromatic rings. The molecule has 190 valence electrons.